The molecular weight excluding hydrogens is 356 g/mol. The summed E-state index contributed by atoms with van der Waals surface area (Å²) in [5.74, 6) is -0.791. The molecule has 1 N–H and O–H groups in total. The Bertz CT molecular complexity index is 742. The molecule has 0 bridgehead atoms. The number of carboxylic acids is 1. The van der Waals surface area contributed by atoms with Gasteiger partial charge in [0.1, 0.15) is 6.04 Å². The van der Waals surface area contributed by atoms with Gasteiger partial charge in [0.15, 0.2) is 0 Å². The fraction of sp³-hybridized carbons (Fsp3) is 0.591. The fourth-order valence-electron chi connectivity index (χ4n) is 5.26. The van der Waals surface area contributed by atoms with Crippen molar-refractivity contribution in [2.45, 2.75) is 57.0 Å². The van der Waals surface area contributed by atoms with Crippen LogP contribution in [0.15, 0.2) is 30.3 Å². The highest BCUT2D eigenvalue weighted by molar-refractivity contribution is 5.98. The number of rotatable bonds is 3. The molecule has 0 radical (unpaired) electrons. The van der Waals surface area contributed by atoms with Gasteiger partial charge in [0, 0.05) is 24.7 Å². The molecule has 1 aromatic rings. The molecule has 1 aliphatic carbocycles. The Morgan fingerprint density at radius 2 is 1.61 bits per heavy atom. The third kappa shape index (κ3) is 3.52. The number of piperidine rings is 1. The average molecular weight is 384 g/mol. The Hall–Kier alpha value is -2.37. The summed E-state index contributed by atoms with van der Waals surface area (Å²) in [6.45, 7) is 0.935. The number of nitrogens with zero attached hydrogens (tertiary/aromatic N) is 2. The van der Waals surface area contributed by atoms with Crippen molar-refractivity contribution in [3.8, 4) is 0 Å². The largest absolute Gasteiger partial charge is 0.481 e. The summed E-state index contributed by atoms with van der Waals surface area (Å²) in [5, 5.41) is 9.20. The molecule has 6 nitrogen and oxygen atoms in total. The van der Waals surface area contributed by atoms with Crippen molar-refractivity contribution in [3.05, 3.63) is 35.9 Å². The molecule has 3 unspecified atom stereocenters. The van der Waals surface area contributed by atoms with E-state index >= 15 is 0 Å². The molecule has 150 valence electrons. The molecule has 3 aliphatic rings. The first-order chi connectivity index (χ1) is 13.6. The van der Waals surface area contributed by atoms with Crippen LogP contribution in [-0.2, 0) is 9.59 Å². The summed E-state index contributed by atoms with van der Waals surface area (Å²) in [6.07, 6.45) is 6.04. The highest BCUT2D eigenvalue weighted by Crippen LogP contribution is 2.41. The SMILES string of the molecule is O=C(O)C1CCN(C(=O)C2CC3CCCCC3N2C(=O)c2ccccc2)CC1. The quantitative estimate of drug-likeness (QED) is 0.869. The van der Waals surface area contributed by atoms with Crippen LogP contribution in [-0.4, -0.2) is 57.9 Å². The van der Waals surface area contributed by atoms with Crippen molar-refractivity contribution in [2.75, 3.05) is 13.1 Å². The fourth-order valence-corrected chi connectivity index (χ4v) is 5.26. The number of carboxylic acid groups (broad SMARTS) is 1. The number of carbonyl (C=O) groups is 3. The zero-order valence-electron chi connectivity index (χ0n) is 16.1. The molecular formula is C22H28N2O4. The van der Waals surface area contributed by atoms with Gasteiger partial charge < -0.3 is 14.9 Å². The summed E-state index contributed by atoms with van der Waals surface area (Å²) >= 11 is 0. The minimum Gasteiger partial charge on any atom is -0.481 e. The molecule has 1 saturated carbocycles. The third-order valence-electron chi connectivity index (χ3n) is 6.78. The van der Waals surface area contributed by atoms with E-state index < -0.39 is 12.0 Å². The Kier molecular flexibility index (Phi) is 5.38. The summed E-state index contributed by atoms with van der Waals surface area (Å²) in [4.78, 5) is 41.5. The van der Waals surface area contributed by atoms with E-state index in [-0.39, 0.29) is 23.8 Å². The van der Waals surface area contributed by atoms with Crippen molar-refractivity contribution < 1.29 is 19.5 Å². The lowest BCUT2D eigenvalue weighted by molar-refractivity contribution is -0.146. The summed E-state index contributed by atoms with van der Waals surface area (Å²) < 4.78 is 0. The summed E-state index contributed by atoms with van der Waals surface area (Å²) in [7, 11) is 0. The zero-order chi connectivity index (χ0) is 19.7. The van der Waals surface area contributed by atoms with Gasteiger partial charge in [-0.05, 0) is 50.2 Å². The number of amides is 2. The monoisotopic (exact) mass is 384 g/mol. The number of hydrogen-bond acceptors (Lipinski definition) is 3. The predicted octanol–water partition coefficient (Wildman–Crippen LogP) is 2.78. The third-order valence-corrected chi connectivity index (χ3v) is 6.78. The molecule has 2 amide bonds. The molecule has 3 fully saturated rings. The van der Waals surface area contributed by atoms with Gasteiger partial charge >= 0.3 is 5.97 Å². The molecule has 4 rings (SSSR count). The van der Waals surface area contributed by atoms with Gasteiger partial charge in [-0.3, -0.25) is 14.4 Å². The highest BCUT2D eigenvalue weighted by Gasteiger charge is 2.48. The number of likely N-dealkylation sites (tertiary alicyclic amines) is 2. The van der Waals surface area contributed by atoms with Gasteiger partial charge in [0.05, 0.1) is 5.92 Å². The van der Waals surface area contributed by atoms with E-state index in [9.17, 15) is 19.5 Å². The molecule has 2 aliphatic heterocycles. The van der Waals surface area contributed by atoms with E-state index in [0.29, 0.717) is 37.4 Å². The van der Waals surface area contributed by atoms with Crippen molar-refractivity contribution >= 4 is 17.8 Å². The van der Waals surface area contributed by atoms with Crippen LogP contribution in [0.5, 0.6) is 0 Å². The lowest BCUT2D eigenvalue weighted by Crippen LogP contribution is -2.52. The van der Waals surface area contributed by atoms with Crippen LogP contribution in [0.4, 0.5) is 0 Å². The first-order valence-electron chi connectivity index (χ1n) is 10.5. The van der Waals surface area contributed by atoms with Crippen molar-refractivity contribution in [3.63, 3.8) is 0 Å². The molecule has 2 saturated heterocycles. The summed E-state index contributed by atoms with van der Waals surface area (Å²) in [5.41, 5.74) is 0.635. The van der Waals surface area contributed by atoms with Crippen LogP contribution in [0.1, 0.15) is 55.3 Å². The second-order valence-electron chi connectivity index (χ2n) is 8.38. The van der Waals surface area contributed by atoms with Crippen molar-refractivity contribution in [1.82, 2.24) is 9.80 Å². The van der Waals surface area contributed by atoms with E-state index in [1.807, 2.05) is 35.2 Å². The molecule has 28 heavy (non-hydrogen) atoms. The molecule has 6 heteroatoms. The topological polar surface area (TPSA) is 77.9 Å². The maximum absolute atomic E-state index is 13.4. The van der Waals surface area contributed by atoms with Gasteiger partial charge in [0.2, 0.25) is 5.91 Å². The minimum absolute atomic E-state index is 0.00233. The Balaban J connectivity index is 1.54. The lowest BCUT2D eigenvalue weighted by Gasteiger charge is -2.37. The van der Waals surface area contributed by atoms with Gasteiger partial charge in [-0.2, -0.15) is 0 Å². The predicted molar refractivity (Wildman–Crippen MR) is 104 cm³/mol. The number of hydrogen-bond donors (Lipinski definition) is 1. The minimum atomic E-state index is -0.778. The zero-order valence-corrected chi connectivity index (χ0v) is 16.1. The van der Waals surface area contributed by atoms with E-state index in [4.69, 9.17) is 0 Å². The molecule has 2 heterocycles. The number of benzene rings is 1. The standard InChI is InChI=1S/C22H28N2O4/c25-20(15-6-2-1-3-7-15)24-18-9-5-4-8-17(18)14-19(24)21(26)23-12-10-16(11-13-23)22(27)28/h1-3,6-7,16-19H,4-5,8-14H2,(H,27,28). The first kappa shape index (κ1) is 19.0. The molecule has 0 spiro atoms. The smallest absolute Gasteiger partial charge is 0.306 e. The number of fused-ring (bicyclic) bond motifs is 1. The maximum Gasteiger partial charge on any atom is 0.306 e. The highest BCUT2D eigenvalue weighted by atomic mass is 16.4. The van der Waals surface area contributed by atoms with Crippen LogP contribution in [0.2, 0.25) is 0 Å². The van der Waals surface area contributed by atoms with Crippen molar-refractivity contribution in [1.29, 1.82) is 0 Å². The molecule has 0 aromatic heterocycles. The van der Waals surface area contributed by atoms with E-state index in [1.165, 1.54) is 6.42 Å². The Labute approximate surface area is 165 Å². The lowest BCUT2D eigenvalue weighted by atomic mass is 9.84. The number of aliphatic carboxylic acids is 1. The van der Waals surface area contributed by atoms with Crippen LogP contribution in [0.3, 0.4) is 0 Å². The van der Waals surface area contributed by atoms with Gasteiger partial charge in [-0.25, -0.2) is 0 Å². The second-order valence-corrected chi connectivity index (χ2v) is 8.38. The van der Waals surface area contributed by atoms with Crippen LogP contribution in [0, 0.1) is 11.8 Å². The Morgan fingerprint density at radius 3 is 2.29 bits per heavy atom. The molecule has 3 atom stereocenters. The Morgan fingerprint density at radius 1 is 0.929 bits per heavy atom. The van der Waals surface area contributed by atoms with Gasteiger partial charge in [-0.1, -0.05) is 31.0 Å². The van der Waals surface area contributed by atoms with E-state index in [2.05, 4.69) is 0 Å². The van der Waals surface area contributed by atoms with Crippen LogP contribution >= 0.6 is 0 Å². The van der Waals surface area contributed by atoms with Gasteiger partial charge in [-0.15, -0.1) is 0 Å². The first-order valence-corrected chi connectivity index (χ1v) is 10.5. The van der Waals surface area contributed by atoms with E-state index in [1.54, 1.807) is 4.90 Å². The number of carbonyl (C=O) groups excluding carboxylic acids is 2. The summed E-state index contributed by atoms with van der Waals surface area (Å²) in [6, 6.07) is 8.97. The molecule has 1 aromatic carbocycles. The normalized spacial score (nSPS) is 28.1. The van der Waals surface area contributed by atoms with Crippen LogP contribution < -0.4 is 0 Å². The van der Waals surface area contributed by atoms with Crippen molar-refractivity contribution in [2.24, 2.45) is 11.8 Å². The maximum atomic E-state index is 13.4. The average Bonchev–Trinajstić information content (AvgIpc) is 3.13. The van der Waals surface area contributed by atoms with Crippen LogP contribution in [0.25, 0.3) is 0 Å². The van der Waals surface area contributed by atoms with E-state index in [0.717, 1.165) is 25.7 Å². The van der Waals surface area contributed by atoms with Gasteiger partial charge in [0.25, 0.3) is 5.91 Å². The second kappa shape index (κ2) is 7.94.